The molecule has 0 rings (SSSR count). The van der Waals surface area contributed by atoms with E-state index < -0.39 is 97.5 Å². The lowest BCUT2D eigenvalue weighted by molar-refractivity contribution is -0.161. The molecule has 0 radical (unpaired) electrons. The highest BCUT2D eigenvalue weighted by Gasteiger charge is 2.30. The molecule has 0 aliphatic heterocycles. The van der Waals surface area contributed by atoms with Crippen LogP contribution in [0, 0.1) is 17.8 Å². The summed E-state index contributed by atoms with van der Waals surface area (Å²) in [5.74, 6) is 0.122. The van der Waals surface area contributed by atoms with Gasteiger partial charge in [-0.05, 0) is 43.4 Å². The predicted octanol–water partition coefficient (Wildman–Crippen LogP) is 22.2. The van der Waals surface area contributed by atoms with Crippen molar-refractivity contribution in [3.63, 3.8) is 0 Å². The van der Waals surface area contributed by atoms with Crippen molar-refractivity contribution in [3.05, 3.63) is 0 Å². The first-order valence-corrected chi connectivity index (χ1v) is 42.3. The molecular formula is C76H148O17P2. The Bertz CT molecular complexity index is 1850. The first kappa shape index (κ1) is 93.1. The standard InChI is InChI=1S/C76H148O17P2/c1-8-9-10-11-12-13-14-15-21-24-30-35-43-50-57-73(78)86-63-71(92-75(80)59-52-45-36-31-25-22-19-17-16-18-20-23-28-33-40-47-54-67(2)3)65-90-94(82,83)88-61-70(77)62-89-95(84,85)91-66-72(64-87-74(79)58-51-44-39-38-42-49-56-69(6)7)93-76(81)60-53-46-37-32-27-26-29-34-41-48-55-68(4)5/h67-72,77H,8-66H2,1-7H3,(H,82,83)(H,84,85)/t70-,71-,72-/m1/s1. The number of phosphoric ester groups is 2. The summed E-state index contributed by atoms with van der Waals surface area (Å²) in [6, 6.07) is 0. The maximum Gasteiger partial charge on any atom is 0.472 e. The number of esters is 4. The average Bonchev–Trinajstić information content (AvgIpc) is 1.80. The van der Waals surface area contributed by atoms with Crippen molar-refractivity contribution in [2.45, 2.75) is 407 Å². The Morgan fingerprint density at radius 2 is 0.484 bits per heavy atom. The quantitative estimate of drug-likeness (QED) is 0.0222. The monoisotopic (exact) mass is 1400 g/mol. The molecule has 2 unspecified atom stereocenters. The number of phosphoric acid groups is 2. The van der Waals surface area contributed by atoms with Gasteiger partial charge < -0.3 is 33.8 Å². The molecule has 0 saturated heterocycles. The van der Waals surface area contributed by atoms with Crippen LogP contribution in [0.2, 0.25) is 0 Å². The number of aliphatic hydroxyl groups excluding tert-OH is 1. The van der Waals surface area contributed by atoms with Gasteiger partial charge >= 0.3 is 39.5 Å². The third kappa shape index (κ3) is 70.3. The third-order valence-electron chi connectivity index (χ3n) is 17.6. The lowest BCUT2D eigenvalue weighted by Crippen LogP contribution is -2.30. The number of ether oxygens (including phenoxy) is 4. The molecule has 0 amide bonds. The number of carbonyl (C=O) groups is 4. The second-order valence-corrected chi connectivity index (χ2v) is 31.7. The number of aliphatic hydroxyl groups is 1. The molecule has 0 heterocycles. The Labute approximate surface area is 581 Å². The third-order valence-corrected chi connectivity index (χ3v) is 19.5. The van der Waals surface area contributed by atoms with Gasteiger partial charge in [0, 0.05) is 25.7 Å². The summed E-state index contributed by atoms with van der Waals surface area (Å²) in [5, 5.41) is 10.6. The summed E-state index contributed by atoms with van der Waals surface area (Å²) in [7, 11) is -9.91. The second-order valence-electron chi connectivity index (χ2n) is 28.8. The molecular weight excluding hydrogens is 1250 g/mol. The van der Waals surface area contributed by atoms with E-state index in [0.29, 0.717) is 31.6 Å². The first-order chi connectivity index (χ1) is 45.7. The summed E-state index contributed by atoms with van der Waals surface area (Å²) in [6.07, 6.45) is 52.9. The summed E-state index contributed by atoms with van der Waals surface area (Å²) >= 11 is 0. The maximum atomic E-state index is 13.1. The van der Waals surface area contributed by atoms with Crippen LogP contribution < -0.4 is 0 Å². The van der Waals surface area contributed by atoms with E-state index in [0.717, 1.165) is 108 Å². The summed E-state index contributed by atoms with van der Waals surface area (Å²) < 4.78 is 68.5. The molecule has 0 aliphatic carbocycles. The van der Waals surface area contributed by atoms with Gasteiger partial charge in [0.2, 0.25) is 0 Å². The van der Waals surface area contributed by atoms with E-state index in [1.165, 1.54) is 193 Å². The van der Waals surface area contributed by atoms with E-state index in [9.17, 15) is 43.2 Å². The highest BCUT2D eigenvalue weighted by Crippen LogP contribution is 2.45. The van der Waals surface area contributed by atoms with Gasteiger partial charge in [0.05, 0.1) is 26.4 Å². The topological polar surface area (TPSA) is 237 Å². The van der Waals surface area contributed by atoms with Crippen molar-refractivity contribution in [2.24, 2.45) is 17.8 Å². The maximum absolute atomic E-state index is 13.1. The SMILES string of the molecule is CCCCCCCCCCCCCCCCC(=O)OC[C@H](COP(=O)(O)OC[C@@H](O)COP(=O)(O)OC[C@@H](COC(=O)CCCCCCCCC(C)C)OC(=O)CCCCCCCCCCCCC(C)C)OC(=O)CCCCCCCCCCCCCCCCCCC(C)C. The zero-order valence-corrected chi connectivity index (χ0v) is 63.9. The van der Waals surface area contributed by atoms with Crippen LogP contribution in [0.5, 0.6) is 0 Å². The molecule has 0 aliphatic rings. The van der Waals surface area contributed by atoms with Gasteiger partial charge in [0.25, 0.3) is 0 Å². The van der Waals surface area contributed by atoms with Gasteiger partial charge in [0.1, 0.15) is 19.3 Å². The van der Waals surface area contributed by atoms with Gasteiger partial charge in [-0.1, -0.05) is 337 Å². The fourth-order valence-electron chi connectivity index (χ4n) is 11.6. The molecule has 3 N–H and O–H groups in total. The molecule has 95 heavy (non-hydrogen) atoms. The molecule has 0 saturated carbocycles. The zero-order chi connectivity index (χ0) is 70.1. The molecule has 564 valence electrons. The van der Waals surface area contributed by atoms with E-state index in [4.69, 9.17) is 37.0 Å². The normalized spacial score (nSPS) is 14.1. The Morgan fingerprint density at radius 3 is 0.716 bits per heavy atom. The molecule has 0 aromatic rings. The van der Waals surface area contributed by atoms with Crippen molar-refractivity contribution < 1.29 is 80.2 Å². The van der Waals surface area contributed by atoms with Crippen LogP contribution in [-0.2, 0) is 65.4 Å². The minimum absolute atomic E-state index is 0.105. The van der Waals surface area contributed by atoms with Crippen LogP contribution >= 0.6 is 15.6 Å². The Hall–Kier alpha value is -1.94. The molecule has 17 nitrogen and oxygen atoms in total. The lowest BCUT2D eigenvalue weighted by atomic mass is 10.0. The fraction of sp³-hybridized carbons (Fsp3) is 0.947. The number of carbonyl (C=O) groups excluding carboxylic acids is 4. The lowest BCUT2D eigenvalue weighted by Gasteiger charge is -2.21. The summed E-state index contributed by atoms with van der Waals surface area (Å²) in [5.41, 5.74) is 0. The van der Waals surface area contributed by atoms with Gasteiger partial charge in [-0.15, -0.1) is 0 Å². The zero-order valence-electron chi connectivity index (χ0n) is 62.1. The highest BCUT2D eigenvalue weighted by atomic mass is 31.2. The van der Waals surface area contributed by atoms with Gasteiger partial charge in [0.15, 0.2) is 12.2 Å². The van der Waals surface area contributed by atoms with Crippen molar-refractivity contribution in [1.29, 1.82) is 0 Å². The van der Waals surface area contributed by atoms with Crippen LogP contribution in [-0.4, -0.2) is 96.7 Å². The minimum atomic E-state index is -4.96. The molecule has 5 atom stereocenters. The van der Waals surface area contributed by atoms with Crippen molar-refractivity contribution in [1.82, 2.24) is 0 Å². The van der Waals surface area contributed by atoms with Crippen LogP contribution in [0.25, 0.3) is 0 Å². The molecule has 0 fully saturated rings. The van der Waals surface area contributed by atoms with Crippen molar-refractivity contribution >= 4 is 39.5 Å². The predicted molar refractivity (Wildman–Crippen MR) is 386 cm³/mol. The van der Waals surface area contributed by atoms with Crippen LogP contribution in [0.1, 0.15) is 389 Å². The fourth-order valence-corrected chi connectivity index (χ4v) is 13.2. The van der Waals surface area contributed by atoms with Crippen LogP contribution in [0.4, 0.5) is 0 Å². The van der Waals surface area contributed by atoms with Gasteiger partial charge in [-0.3, -0.25) is 37.3 Å². The van der Waals surface area contributed by atoms with Gasteiger partial charge in [-0.25, -0.2) is 9.13 Å². The average molecular weight is 1400 g/mol. The number of hydrogen-bond acceptors (Lipinski definition) is 15. The first-order valence-electron chi connectivity index (χ1n) is 39.3. The smallest absolute Gasteiger partial charge is 0.462 e. The van der Waals surface area contributed by atoms with Crippen LogP contribution in [0.3, 0.4) is 0 Å². The summed E-state index contributed by atoms with van der Waals surface area (Å²) in [6.45, 7) is 11.8. The van der Waals surface area contributed by atoms with Gasteiger partial charge in [-0.2, -0.15) is 0 Å². The van der Waals surface area contributed by atoms with Crippen molar-refractivity contribution in [2.75, 3.05) is 39.6 Å². The number of rotatable bonds is 74. The minimum Gasteiger partial charge on any atom is -0.462 e. The molecule has 0 aromatic carbocycles. The number of unbranched alkanes of at least 4 members (excludes halogenated alkanes) is 42. The van der Waals surface area contributed by atoms with Crippen LogP contribution in [0.15, 0.2) is 0 Å². The van der Waals surface area contributed by atoms with E-state index in [1.807, 2.05) is 0 Å². The molecule has 19 heteroatoms. The van der Waals surface area contributed by atoms with Crippen molar-refractivity contribution in [3.8, 4) is 0 Å². The largest absolute Gasteiger partial charge is 0.472 e. The van der Waals surface area contributed by atoms with E-state index in [2.05, 4.69) is 48.5 Å². The second kappa shape index (κ2) is 66.6. The molecule has 0 spiro atoms. The van der Waals surface area contributed by atoms with E-state index in [-0.39, 0.29) is 25.7 Å². The number of hydrogen-bond donors (Lipinski definition) is 3. The van der Waals surface area contributed by atoms with E-state index in [1.54, 1.807) is 0 Å². The highest BCUT2D eigenvalue weighted by molar-refractivity contribution is 7.47. The summed E-state index contributed by atoms with van der Waals surface area (Å²) in [4.78, 5) is 72.8. The van der Waals surface area contributed by atoms with E-state index >= 15 is 0 Å². The molecule has 0 aromatic heterocycles. The Kier molecular flexibility index (Phi) is 65.2. The Balaban J connectivity index is 5.22. The molecule has 0 bridgehead atoms. The Morgan fingerprint density at radius 1 is 0.284 bits per heavy atom.